The fourth-order valence-corrected chi connectivity index (χ4v) is 2.39. The molecule has 1 fully saturated rings. The topological polar surface area (TPSA) is 54.0 Å². The summed E-state index contributed by atoms with van der Waals surface area (Å²) in [5.41, 5.74) is 0.994. The predicted octanol–water partition coefficient (Wildman–Crippen LogP) is 2.11. The van der Waals surface area contributed by atoms with E-state index in [0.29, 0.717) is 11.7 Å². The molecule has 1 amide bonds. The lowest BCUT2D eigenvalue weighted by Crippen LogP contribution is -2.46. The van der Waals surface area contributed by atoms with Crippen molar-refractivity contribution in [2.24, 2.45) is 5.92 Å². The maximum absolute atomic E-state index is 12.2. The smallest absolute Gasteiger partial charge is 0.242 e. The maximum atomic E-state index is 12.2. The van der Waals surface area contributed by atoms with Gasteiger partial charge in [-0.2, -0.15) is 0 Å². The molecule has 4 nitrogen and oxygen atoms in total. The first-order chi connectivity index (χ1) is 8.70. The number of aryl methyl sites for hydroxylation is 1. The van der Waals surface area contributed by atoms with Crippen LogP contribution in [0.4, 0.5) is 5.82 Å². The number of aromatic nitrogens is 1. The Morgan fingerprint density at radius 1 is 1.61 bits per heavy atom. The molecule has 1 aliphatic rings. The quantitative estimate of drug-likeness (QED) is 0.860. The van der Waals surface area contributed by atoms with Crippen molar-refractivity contribution in [1.82, 2.24) is 10.3 Å². The third-order valence-corrected chi connectivity index (χ3v) is 3.66. The van der Waals surface area contributed by atoms with Crippen molar-refractivity contribution < 1.29 is 4.79 Å². The molecule has 0 aromatic carbocycles. The van der Waals surface area contributed by atoms with Crippen molar-refractivity contribution in [2.45, 2.75) is 39.2 Å². The SMILES string of the molecule is CCC1CCNC(C(=O)Nc2ncccc2C)C1. The monoisotopic (exact) mass is 247 g/mol. The summed E-state index contributed by atoms with van der Waals surface area (Å²) >= 11 is 0. The molecule has 0 bridgehead atoms. The van der Waals surface area contributed by atoms with Gasteiger partial charge in [0.1, 0.15) is 5.82 Å². The first-order valence-electron chi connectivity index (χ1n) is 6.66. The zero-order valence-electron chi connectivity index (χ0n) is 11.1. The van der Waals surface area contributed by atoms with Crippen LogP contribution in [0, 0.1) is 12.8 Å². The number of anilines is 1. The summed E-state index contributed by atoms with van der Waals surface area (Å²) < 4.78 is 0. The van der Waals surface area contributed by atoms with Crippen LogP contribution in [0.25, 0.3) is 0 Å². The van der Waals surface area contributed by atoms with Gasteiger partial charge in [0.15, 0.2) is 0 Å². The van der Waals surface area contributed by atoms with E-state index in [1.54, 1.807) is 6.20 Å². The van der Waals surface area contributed by atoms with Gasteiger partial charge in [0.2, 0.25) is 5.91 Å². The highest BCUT2D eigenvalue weighted by Gasteiger charge is 2.26. The van der Waals surface area contributed by atoms with Crippen LogP contribution in [-0.2, 0) is 4.79 Å². The summed E-state index contributed by atoms with van der Waals surface area (Å²) in [6.45, 7) is 5.07. The van der Waals surface area contributed by atoms with Crippen molar-refractivity contribution in [2.75, 3.05) is 11.9 Å². The van der Waals surface area contributed by atoms with Gasteiger partial charge < -0.3 is 10.6 Å². The molecule has 4 heteroatoms. The molecule has 2 N–H and O–H groups in total. The van der Waals surface area contributed by atoms with E-state index in [1.165, 1.54) is 6.42 Å². The molecule has 18 heavy (non-hydrogen) atoms. The molecular formula is C14H21N3O. The van der Waals surface area contributed by atoms with Crippen LogP contribution < -0.4 is 10.6 Å². The van der Waals surface area contributed by atoms with Crippen LogP contribution in [0.1, 0.15) is 31.7 Å². The van der Waals surface area contributed by atoms with Crippen LogP contribution >= 0.6 is 0 Å². The average molecular weight is 247 g/mol. The molecule has 0 saturated carbocycles. The molecule has 98 valence electrons. The summed E-state index contributed by atoms with van der Waals surface area (Å²) in [5, 5.41) is 6.20. The Hall–Kier alpha value is -1.42. The number of nitrogens with zero attached hydrogens (tertiary/aromatic N) is 1. The van der Waals surface area contributed by atoms with Crippen molar-refractivity contribution in [3.05, 3.63) is 23.9 Å². The molecule has 2 rings (SSSR count). The zero-order valence-corrected chi connectivity index (χ0v) is 11.1. The van der Waals surface area contributed by atoms with Gasteiger partial charge >= 0.3 is 0 Å². The highest BCUT2D eigenvalue weighted by atomic mass is 16.2. The Labute approximate surface area is 108 Å². The number of carbonyl (C=O) groups excluding carboxylic acids is 1. The van der Waals surface area contributed by atoms with E-state index < -0.39 is 0 Å². The molecule has 1 saturated heterocycles. The zero-order chi connectivity index (χ0) is 13.0. The molecule has 1 aromatic heterocycles. The Kier molecular flexibility index (Phi) is 4.31. The number of nitrogens with one attached hydrogen (secondary N) is 2. The number of carbonyl (C=O) groups is 1. The van der Waals surface area contributed by atoms with E-state index >= 15 is 0 Å². The van der Waals surface area contributed by atoms with E-state index in [-0.39, 0.29) is 11.9 Å². The van der Waals surface area contributed by atoms with E-state index in [9.17, 15) is 4.79 Å². The van der Waals surface area contributed by atoms with Crippen molar-refractivity contribution in [3.63, 3.8) is 0 Å². The average Bonchev–Trinajstić information content (AvgIpc) is 2.41. The lowest BCUT2D eigenvalue weighted by Gasteiger charge is -2.28. The van der Waals surface area contributed by atoms with Crippen LogP contribution in [0.5, 0.6) is 0 Å². The first kappa shape index (κ1) is 13.0. The molecular weight excluding hydrogens is 226 g/mol. The highest BCUT2D eigenvalue weighted by molar-refractivity contribution is 5.94. The second kappa shape index (κ2) is 5.96. The van der Waals surface area contributed by atoms with E-state index in [2.05, 4.69) is 22.5 Å². The van der Waals surface area contributed by atoms with Gasteiger partial charge in [0, 0.05) is 6.20 Å². The van der Waals surface area contributed by atoms with Gasteiger partial charge in [0.25, 0.3) is 0 Å². The predicted molar refractivity (Wildman–Crippen MR) is 72.4 cm³/mol. The van der Waals surface area contributed by atoms with Crippen molar-refractivity contribution >= 4 is 11.7 Å². The van der Waals surface area contributed by atoms with E-state index in [0.717, 1.165) is 24.9 Å². The molecule has 0 spiro atoms. The second-order valence-corrected chi connectivity index (χ2v) is 4.96. The van der Waals surface area contributed by atoms with Crippen LogP contribution in [0.3, 0.4) is 0 Å². The van der Waals surface area contributed by atoms with Crippen LogP contribution in [0.2, 0.25) is 0 Å². The third-order valence-electron chi connectivity index (χ3n) is 3.66. The summed E-state index contributed by atoms with van der Waals surface area (Å²) in [7, 11) is 0. The maximum Gasteiger partial charge on any atom is 0.242 e. The second-order valence-electron chi connectivity index (χ2n) is 4.96. The minimum absolute atomic E-state index is 0.0370. The summed E-state index contributed by atoms with van der Waals surface area (Å²) in [4.78, 5) is 16.4. The van der Waals surface area contributed by atoms with Gasteiger partial charge in [-0.25, -0.2) is 4.98 Å². The number of rotatable bonds is 3. The largest absolute Gasteiger partial charge is 0.309 e. The minimum atomic E-state index is -0.0786. The van der Waals surface area contributed by atoms with E-state index in [4.69, 9.17) is 0 Å². The van der Waals surface area contributed by atoms with E-state index in [1.807, 2.05) is 19.1 Å². The lowest BCUT2D eigenvalue weighted by molar-refractivity contribution is -0.119. The van der Waals surface area contributed by atoms with Gasteiger partial charge in [-0.05, 0) is 43.9 Å². The van der Waals surface area contributed by atoms with Crippen LogP contribution in [0.15, 0.2) is 18.3 Å². The van der Waals surface area contributed by atoms with Gasteiger partial charge in [-0.3, -0.25) is 4.79 Å². The Morgan fingerprint density at radius 3 is 3.17 bits per heavy atom. The number of hydrogen-bond acceptors (Lipinski definition) is 3. The molecule has 2 unspecified atom stereocenters. The van der Waals surface area contributed by atoms with Crippen molar-refractivity contribution in [3.8, 4) is 0 Å². The number of hydrogen-bond donors (Lipinski definition) is 2. The third kappa shape index (κ3) is 3.07. The molecule has 1 aliphatic heterocycles. The van der Waals surface area contributed by atoms with Gasteiger partial charge in [-0.1, -0.05) is 19.4 Å². The van der Waals surface area contributed by atoms with Crippen molar-refractivity contribution in [1.29, 1.82) is 0 Å². The lowest BCUT2D eigenvalue weighted by atomic mass is 9.90. The first-order valence-corrected chi connectivity index (χ1v) is 6.66. The molecule has 2 atom stereocenters. The molecule has 2 heterocycles. The number of piperidine rings is 1. The standard InChI is InChI=1S/C14H21N3O/c1-3-11-6-8-15-12(9-11)14(18)17-13-10(2)5-4-7-16-13/h4-5,7,11-12,15H,3,6,8-9H2,1-2H3,(H,16,17,18). The fourth-order valence-electron chi connectivity index (χ4n) is 2.39. The normalized spacial score (nSPS) is 23.7. The number of pyridine rings is 1. The molecule has 0 aliphatic carbocycles. The Balaban J connectivity index is 1.97. The summed E-state index contributed by atoms with van der Waals surface area (Å²) in [6.07, 6.45) is 4.94. The van der Waals surface area contributed by atoms with Crippen LogP contribution in [-0.4, -0.2) is 23.5 Å². The molecule has 1 aromatic rings. The Bertz CT molecular complexity index is 419. The molecule has 0 radical (unpaired) electrons. The van der Waals surface area contributed by atoms with Gasteiger partial charge in [0.05, 0.1) is 6.04 Å². The number of amides is 1. The fraction of sp³-hybridized carbons (Fsp3) is 0.571. The van der Waals surface area contributed by atoms with Gasteiger partial charge in [-0.15, -0.1) is 0 Å². The minimum Gasteiger partial charge on any atom is -0.309 e. The highest BCUT2D eigenvalue weighted by Crippen LogP contribution is 2.20. The summed E-state index contributed by atoms with van der Waals surface area (Å²) in [6, 6.07) is 3.74. The Morgan fingerprint density at radius 2 is 2.44 bits per heavy atom. The summed E-state index contributed by atoms with van der Waals surface area (Å²) in [5.74, 6) is 1.37.